The Bertz CT molecular complexity index is 339. The van der Waals surface area contributed by atoms with Gasteiger partial charge in [-0.25, -0.2) is 0 Å². The van der Waals surface area contributed by atoms with Gasteiger partial charge in [0.2, 0.25) is 0 Å². The number of hydrogen-bond acceptors (Lipinski definition) is 2. The number of rotatable bonds is 3. The highest BCUT2D eigenvalue weighted by molar-refractivity contribution is 5.62. The van der Waals surface area contributed by atoms with E-state index in [1.165, 1.54) is 0 Å². The number of aldehydes is 1. The summed E-state index contributed by atoms with van der Waals surface area (Å²) in [6, 6.07) is 0.348. The highest BCUT2D eigenvalue weighted by Gasteiger charge is 2.17. The summed E-state index contributed by atoms with van der Waals surface area (Å²) in [5.41, 5.74) is 3.15. The monoisotopic (exact) mass is 194 g/mol. The van der Waals surface area contributed by atoms with E-state index in [1.54, 1.807) is 0 Å². The van der Waals surface area contributed by atoms with E-state index in [4.69, 9.17) is 0 Å². The smallest absolute Gasteiger partial charge is 0.127 e. The number of carbonyl (C=O) groups is 1. The van der Waals surface area contributed by atoms with Crippen LogP contribution in [0.4, 0.5) is 0 Å². The second-order valence-corrected chi connectivity index (χ2v) is 4.05. The quantitative estimate of drug-likeness (QED) is 0.692. The molecule has 0 fully saturated rings. The van der Waals surface area contributed by atoms with Gasteiger partial charge in [-0.1, -0.05) is 6.92 Å². The lowest BCUT2D eigenvalue weighted by Gasteiger charge is -2.09. The van der Waals surface area contributed by atoms with Gasteiger partial charge in [0, 0.05) is 23.2 Å². The summed E-state index contributed by atoms with van der Waals surface area (Å²) in [6.45, 7) is 10.1. The summed E-state index contributed by atoms with van der Waals surface area (Å²) in [5.74, 6) is -0.0532. The van der Waals surface area contributed by atoms with E-state index in [0.717, 1.165) is 23.2 Å². The number of aromatic nitrogens is 2. The molecule has 0 aliphatic carbocycles. The fourth-order valence-corrected chi connectivity index (χ4v) is 1.91. The van der Waals surface area contributed by atoms with E-state index in [2.05, 4.69) is 18.9 Å². The molecule has 3 heteroatoms. The maximum atomic E-state index is 10.8. The number of hydrogen-bond donors (Lipinski definition) is 0. The minimum atomic E-state index is -0.0532. The Morgan fingerprint density at radius 3 is 2.21 bits per heavy atom. The van der Waals surface area contributed by atoms with Crippen LogP contribution in [0.1, 0.15) is 49.7 Å². The SMILES string of the molecule is Cc1nn(C(C)C)c(C)c1C(C)C=O. The van der Waals surface area contributed by atoms with Crippen LogP contribution in [-0.4, -0.2) is 16.1 Å². The van der Waals surface area contributed by atoms with Crippen molar-refractivity contribution in [3.8, 4) is 0 Å². The molecule has 0 aromatic carbocycles. The average molecular weight is 194 g/mol. The van der Waals surface area contributed by atoms with Crippen molar-refractivity contribution in [1.82, 2.24) is 9.78 Å². The fourth-order valence-electron chi connectivity index (χ4n) is 1.91. The highest BCUT2D eigenvalue weighted by atomic mass is 16.1. The summed E-state index contributed by atoms with van der Waals surface area (Å²) < 4.78 is 1.98. The average Bonchev–Trinajstić information content (AvgIpc) is 2.41. The Hall–Kier alpha value is -1.12. The first-order valence-electron chi connectivity index (χ1n) is 5.00. The maximum Gasteiger partial charge on any atom is 0.127 e. The largest absolute Gasteiger partial charge is 0.303 e. The van der Waals surface area contributed by atoms with Crippen LogP contribution in [0.25, 0.3) is 0 Å². The van der Waals surface area contributed by atoms with Gasteiger partial charge in [-0.2, -0.15) is 5.10 Å². The topological polar surface area (TPSA) is 34.9 Å². The molecule has 0 saturated carbocycles. The second kappa shape index (κ2) is 3.95. The van der Waals surface area contributed by atoms with E-state index >= 15 is 0 Å². The third kappa shape index (κ3) is 1.72. The minimum absolute atomic E-state index is 0.0532. The molecule has 1 aromatic heterocycles. The molecule has 0 spiro atoms. The number of carbonyl (C=O) groups excluding carboxylic acids is 1. The molecule has 0 radical (unpaired) electrons. The predicted molar refractivity (Wildman–Crippen MR) is 56.6 cm³/mol. The molecule has 0 amide bonds. The van der Waals surface area contributed by atoms with E-state index < -0.39 is 0 Å². The van der Waals surface area contributed by atoms with E-state index in [9.17, 15) is 4.79 Å². The summed E-state index contributed by atoms with van der Waals surface area (Å²) in [6.07, 6.45) is 0.974. The van der Waals surface area contributed by atoms with Crippen LogP contribution in [0, 0.1) is 13.8 Å². The molecule has 78 valence electrons. The molecule has 1 heterocycles. The first-order valence-corrected chi connectivity index (χ1v) is 5.00. The van der Waals surface area contributed by atoms with Crippen molar-refractivity contribution in [2.24, 2.45) is 0 Å². The van der Waals surface area contributed by atoms with Gasteiger partial charge < -0.3 is 4.79 Å². The van der Waals surface area contributed by atoms with Crippen LogP contribution in [0.3, 0.4) is 0 Å². The molecule has 0 aliphatic rings. The summed E-state index contributed by atoms with van der Waals surface area (Å²) >= 11 is 0. The van der Waals surface area contributed by atoms with Gasteiger partial charge in [0.15, 0.2) is 0 Å². The third-order valence-electron chi connectivity index (χ3n) is 2.53. The van der Waals surface area contributed by atoms with Gasteiger partial charge >= 0.3 is 0 Å². The summed E-state index contributed by atoms with van der Waals surface area (Å²) in [4.78, 5) is 10.8. The Morgan fingerprint density at radius 2 is 1.86 bits per heavy atom. The van der Waals surface area contributed by atoms with Gasteiger partial charge in [0.25, 0.3) is 0 Å². The molecule has 0 aliphatic heterocycles. The van der Waals surface area contributed by atoms with E-state index in [1.807, 2.05) is 25.5 Å². The second-order valence-electron chi connectivity index (χ2n) is 4.05. The first kappa shape index (κ1) is 11.0. The lowest BCUT2D eigenvalue weighted by Crippen LogP contribution is -2.06. The van der Waals surface area contributed by atoms with Crippen LogP contribution >= 0.6 is 0 Å². The van der Waals surface area contributed by atoms with Gasteiger partial charge in [-0.05, 0) is 27.7 Å². The molecular weight excluding hydrogens is 176 g/mol. The van der Waals surface area contributed by atoms with Gasteiger partial charge in [0.1, 0.15) is 6.29 Å². The minimum Gasteiger partial charge on any atom is -0.303 e. The Balaban J connectivity index is 3.24. The Kier molecular flexibility index (Phi) is 3.09. The van der Waals surface area contributed by atoms with Crippen molar-refractivity contribution < 1.29 is 4.79 Å². The first-order chi connectivity index (χ1) is 6.49. The maximum absolute atomic E-state index is 10.8. The Morgan fingerprint density at radius 1 is 1.29 bits per heavy atom. The lowest BCUT2D eigenvalue weighted by atomic mass is 10.0. The molecular formula is C11H18N2O. The zero-order valence-electron chi connectivity index (χ0n) is 9.53. The number of nitrogens with zero attached hydrogens (tertiary/aromatic N) is 2. The zero-order chi connectivity index (χ0) is 10.9. The molecule has 3 nitrogen and oxygen atoms in total. The molecule has 1 rings (SSSR count). The zero-order valence-corrected chi connectivity index (χ0v) is 9.53. The van der Waals surface area contributed by atoms with Crippen molar-refractivity contribution in [1.29, 1.82) is 0 Å². The van der Waals surface area contributed by atoms with Crippen LogP contribution < -0.4 is 0 Å². The molecule has 0 saturated heterocycles. The van der Waals surface area contributed by atoms with Crippen molar-refractivity contribution in [3.05, 3.63) is 17.0 Å². The fraction of sp³-hybridized carbons (Fsp3) is 0.636. The van der Waals surface area contributed by atoms with Gasteiger partial charge in [0.05, 0.1) is 5.69 Å². The van der Waals surface area contributed by atoms with Gasteiger partial charge in [-0.15, -0.1) is 0 Å². The van der Waals surface area contributed by atoms with Crippen molar-refractivity contribution >= 4 is 6.29 Å². The molecule has 1 atom stereocenters. The molecule has 1 unspecified atom stereocenters. The van der Waals surface area contributed by atoms with Crippen molar-refractivity contribution in [3.63, 3.8) is 0 Å². The summed E-state index contributed by atoms with van der Waals surface area (Å²) in [7, 11) is 0. The lowest BCUT2D eigenvalue weighted by molar-refractivity contribution is -0.108. The van der Waals surface area contributed by atoms with Crippen molar-refractivity contribution in [2.75, 3.05) is 0 Å². The van der Waals surface area contributed by atoms with Gasteiger partial charge in [-0.3, -0.25) is 4.68 Å². The summed E-state index contributed by atoms with van der Waals surface area (Å²) in [5, 5.41) is 4.44. The van der Waals surface area contributed by atoms with E-state index in [-0.39, 0.29) is 5.92 Å². The highest BCUT2D eigenvalue weighted by Crippen LogP contribution is 2.23. The number of aryl methyl sites for hydroxylation is 1. The van der Waals surface area contributed by atoms with Crippen molar-refractivity contribution in [2.45, 2.75) is 46.6 Å². The third-order valence-corrected chi connectivity index (χ3v) is 2.53. The predicted octanol–water partition coefficient (Wildman–Crippen LogP) is 2.38. The van der Waals surface area contributed by atoms with Crippen LogP contribution in [0.5, 0.6) is 0 Å². The molecule has 14 heavy (non-hydrogen) atoms. The standard InChI is InChI=1S/C11H18N2O/c1-7(2)13-10(5)11(8(3)6-14)9(4)12-13/h6-8H,1-5H3. The molecule has 0 N–H and O–H groups in total. The normalized spacial score (nSPS) is 13.3. The van der Waals surface area contributed by atoms with E-state index in [0.29, 0.717) is 6.04 Å². The van der Waals surface area contributed by atoms with Crippen LogP contribution in [0.15, 0.2) is 0 Å². The molecule has 1 aromatic rings. The van der Waals surface area contributed by atoms with Crippen LogP contribution in [0.2, 0.25) is 0 Å². The molecule has 0 bridgehead atoms. The van der Waals surface area contributed by atoms with Crippen LogP contribution in [-0.2, 0) is 4.79 Å². The Labute approximate surface area is 85.1 Å².